The molecule has 0 heterocycles. The number of benzene rings is 1. The second-order valence-corrected chi connectivity index (χ2v) is 6.12. The fourth-order valence-electron chi connectivity index (χ4n) is 3.08. The molecule has 2 rings (SSSR count). The highest BCUT2D eigenvalue weighted by Crippen LogP contribution is 2.26. The molecule has 1 aliphatic rings. The van der Waals surface area contributed by atoms with Gasteiger partial charge in [-0.1, -0.05) is 50.3 Å². The first-order valence-corrected chi connectivity index (χ1v) is 8.29. The molecule has 0 spiro atoms. The van der Waals surface area contributed by atoms with Crippen LogP contribution in [0.25, 0.3) is 0 Å². The number of likely N-dealkylation sites (N-methyl/N-ethyl adjacent to an activating group) is 1. The first-order valence-electron chi connectivity index (χ1n) is 7.91. The van der Waals surface area contributed by atoms with Crippen molar-refractivity contribution in [3.05, 3.63) is 29.3 Å². The van der Waals surface area contributed by atoms with Gasteiger partial charge in [-0.05, 0) is 43.5 Å². The van der Waals surface area contributed by atoms with E-state index >= 15 is 0 Å². The molecule has 3 heteroatoms. The molecule has 0 aromatic heterocycles. The van der Waals surface area contributed by atoms with E-state index in [4.69, 9.17) is 16.3 Å². The minimum Gasteiger partial charge on any atom is -0.492 e. The van der Waals surface area contributed by atoms with Gasteiger partial charge in [0.05, 0.1) is 0 Å². The molecule has 1 aromatic rings. The summed E-state index contributed by atoms with van der Waals surface area (Å²) in [6.45, 7) is 3.90. The van der Waals surface area contributed by atoms with Gasteiger partial charge in [0.2, 0.25) is 0 Å². The van der Waals surface area contributed by atoms with Gasteiger partial charge in [0.1, 0.15) is 12.4 Å². The SMILES string of the molecule is CCNC(COc1cccc(Cl)c1)C1CCCCCC1. The van der Waals surface area contributed by atoms with Crippen molar-refractivity contribution < 1.29 is 4.74 Å². The molecule has 1 N–H and O–H groups in total. The van der Waals surface area contributed by atoms with Crippen molar-refractivity contribution in [2.75, 3.05) is 13.2 Å². The van der Waals surface area contributed by atoms with Crippen molar-refractivity contribution in [1.29, 1.82) is 0 Å². The lowest BCUT2D eigenvalue weighted by atomic mass is 9.92. The molecule has 20 heavy (non-hydrogen) atoms. The summed E-state index contributed by atoms with van der Waals surface area (Å²) < 4.78 is 5.95. The van der Waals surface area contributed by atoms with E-state index in [1.807, 2.05) is 24.3 Å². The van der Waals surface area contributed by atoms with Gasteiger partial charge in [0, 0.05) is 11.1 Å². The first kappa shape index (κ1) is 15.7. The number of hydrogen-bond donors (Lipinski definition) is 1. The Labute approximate surface area is 127 Å². The van der Waals surface area contributed by atoms with Gasteiger partial charge >= 0.3 is 0 Å². The molecule has 1 aromatic carbocycles. The molecular formula is C17H26ClNO. The average molecular weight is 296 g/mol. The third-order valence-corrected chi connectivity index (χ3v) is 4.40. The predicted molar refractivity (Wildman–Crippen MR) is 85.6 cm³/mol. The highest BCUT2D eigenvalue weighted by Gasteiger charge is 2.22. The molecule has 1 fully saturated rings. The molecule has 1 unspecified atom stereocenters. The van der Waals surface area contributed by atoms with E-state index < -0.39 is 0 Å². The fourth-order valence-corrected chi connectivity index (χ4v) is 3.26. The van der Waals surface area contributed by atoms with Crippen LogP contribution in [0.15, 0.2) is 24.3 Å². The maximum atomic E-state index is 6.00. The maximum Gasteiger partial charge on any atom is 0.120 e. The van der Waals surface area contributed by atoms with E-state index in [1.54, 1.807) is 0 Å². The largest absolute Gasteiger partial charge is 0.492 e. The summed E-state index contributed by atoms with van der Waals surface area (Å²) in [7, 11) is 0. The third-order valence-electron chi connectivity index (χ3n) is 4.16. The molecule has 0 amide bonds. The zero-order chi connectivity index (χ0) is 14.2. The highest BCUT2D eigenvalue weighted by molar-refractivity contribution is 6.30. The van der Waals surface area contributed by atoms with Crippen molar-refractivity contribution in [2.24, 2.45) is 5.92 Å². The lowest BCUT2D eigenvalue weighted by Crippen LogP contribution is -2.40. The topological polar surface area (TPSA) is 21.3 Å². The van der Waals surface area contributed by atoms with Crippen LogP contribution >= 0.6 is 11.6 Å². The summed E-state index contributed by atoms with van der Waals surface area (Å²) in [5, 5.41) is 4.34. The van der Waals surface area contributed by atoms with Gasteiger partial charge in [-0.3, -0.25) is 0 Å². The zero-order valence-corrected chi connectivity index (χ0v) is 13.2. The Hall–Kier alpha value is -0.730. The zero-order valence-electron chi connectivity index (χ0n) is 12.4. The quantitative estimate of drug-likeness (QED) is 0.770. The Morgan fingerprint density at radius 3 is 2.65 bits per heavy atom. The Bertz CT molecular complexity index is 388. The van der Waals surface area contributed by atoms with Crippen LogP contribution in [-0.2, 0) is 0 Å². The van der Waals surface area contributed by atoms with Gasteiger partial charge < -0.3 is 10.1 Å². The summed E-state index contributed by atoms with van der Waals surface area (Å²) in [6, 6.07) is 8.13. The van der Waals surface area contributed by atoms with E-state index in [2.05, 4.69) is 12.2 Å². The molecule has 1 saturated carbocycles. The monoisotopic (exact) mass is 295 g/mol. The van der Waals surface area contributed by atoms with Crippen molar-refractivity contribution >= 4 is 11.6 Å². The highest BCUT2D eigenvalue weighted by atomic mass is 35.5. The summed E-state index contributed by atoms with van der Waals surface area (Å²) in [5.41, 5.74) is 0. The molecule has 1 aliphatic carbocycles. The molecule has 0 bridgehead atoms. The fraction of sp³-hybridized carbons (Fsp3) is 0.647. The number of hydrogen-bond acceptors (Lipinski definition) is 2. The maximum absolute atomic E-state index is 6.00. The lowest BCUT2D eigenvalue weighted by Gasteiger charge is -2.27. The molecule has 1 atom stereocenters. The van der Waals surface area contributed by atoms with Crippen molar-refractivity contribution in [1.82, 2.24) is 5.32 Å². The molecular weight excluding hydrogens is 270 g/mol. The molecule has 2 nitrogen and oxygen atoms in total. The Morgan fingerprint density at radius 2 is 2.00 bits per heavy atom. The van der Waals surface area contributed by atoms with E-state index in [-0.39, 0.29) is 0 Å². The van der Waals surface area contributed by atoms with Gasteiger partial charge in [-0.2, -0.15) is 0 Å². The first-order chi connectivity index (χ1) is 9.79. The third kappa shape index (κ3) is 4.99. The summed E-state index contributed by atoms with van der Waals surface area (Å²) >= 11 is 6.00. The number of ether oxygens (including phenoxy) is 1. The van der Waals surface area contributed by atoms with E-state index in [1.165, 1.54) is 38.5 Å². The van der Waals surface area contributed by atoms with Crippen molar-refractivity contribution in [3.63, 3.8) is 0 Å². The molecule has 0 aliphatic heterocycles. The van der Waals surface area contributed by atoms with Crippen molar-refractivity contribution in [3.8, 4) is 5.75 Å². The molecule has 0 saturated heterocycles. The van der Waals surface area contributed by atoms with Crippen molar-refractivity contribution in [2.45, 2.75) is 51.5 Å². The number of nitrogens with one attached hydrogen (secondary N) is 1. The van der Waals surface area contributed by atoms with Gasteiger partial charge in [-0.25, -0.2) is 0 Å². The van der Waals surface area contributed by atoms with Crippen LogP contribution in [0.3, 0.4) is 0 Å². The Kier molecular flexibility index (Phi) is 6.68. The summed E-state index contributed by atoms with van der Waals surface area (Å²) in [4.78, 5) is 0. The molecule has 0 radical (unpaired) electrons. The van der Waals surface area contributed by atoms with Gasteiger partial charge in [-0.15, -0.1) is 0 Å². The van der Waals surface area contributed by atoms with Crippen LogP contribution in [-0.4, -0.2) is 19.2 Å². The van der Waals surface area contributed by atoms with Crippen LogP contribution in [0.4, 0.5) is 0 Å². The Morgan fingerprint density at radius 1 is 1.25 bits per heavy atom. The van der Waals surface area contributed by atoms with E-state index in [0.717, 1.165) is 29.8 Å². The smallest absolute Gasteiger partial charge is 0.120 e. The van der Waals surface area contributed by atoms with E-state index in [9.17, 15) is 0 Å². The average Bonchev–Trinajstić information content (AvgIpc) is 2.72. The molecule has 112 valence electrons. The summed E-state index contributed by atoms with van der Waals surface area (Å²) in [5.74, 6) is 1.62. The predicted octanol–water partition coefficient (Wildman–Crippen LogP) is 4.67. The van der Waals surface area contributed by atoms with Gasteiger partial charge in [0.25, 0.3) is 0 Å². The second kappa shape index (κ2) is 8.53. The second-order valence-electron chi connectivity index (χ2n) is 5.68. The minimum atomic E-state index is 0.456. The van der Waals surface area contributed by atoms with Crippen LogP contribution in [0.5, 0.6) is 5.75 Å². The minimum absolute atomic E-state index is 0.456. The standard InChI is InChI=1S/C17H26ClNO/c1-2-19-17(14-8-5-3-4-6-9-14)13-20-16-11-7-10-15(18)12-16/h7,10-12,14,17,19H,2-6,8-9,13H2,1H3. The number of rotatable bonds is 6. The van der Waals surface area contributed by atoms with Crippen LogP contribution in [0.2, 0.25) is 5.02 Å². The normalized spacial score (nSPS) is 18.5. The van der Waals surface area contributed by atoms with Crippen LogP contribution < -0.4 is 10.1 Å². The van der Waals surface area contributed by atoms with E-state index in [0.29, 0.717) is 6.04 Å². The Balaban J connectivity index is 1.90. The summed E-state index contributed by atoms with van der Waals surface area (Å²) in [6.07, 6.45) is 8.18. The van der Waals surface area contributed by atoms with Gasteiger partial charge in [0.15, 0.2) is 0 Å². The lowest BCUT2D eigenvalue weighted by molar-refractivity contribution is 0.206. The number of halogens is 1. The van der Waals surface area contributed by atoms with Crippen LogP contribution in [0.1, 0.15) is 45.4 Å². The van der Waals surface area contributed by atoms with Crippen LogP contribution in [0, 0.1) is 5.92 Å².